The molecule has 0 aromatic carbocycles. The molecule has 14 heteroatoms. The van der Waals surface area contributed by atoms with Crippen molar-refractivity contribution in [2.24, 2.45) is 11.8 Å². The van der Waals surface area contributed by atoms with Crippen LogP contribution in [0.5, 0.6) is 0 Å². The molecule has 1 aliphatic carbocycles. The first kappa shape index (κ1) is 53.8. The van der Waals surface area contributed by atoms with Gasteiger partial charge in [0, 0.05) is 38.0 Å². The normalized spacial score (nSPS) is 20.5. The number of carbonyl (C=O) groups excluding carboxylic acids is 2. The minimum Gasteiger partial charge on any atom is -0.466 e. The molecule has 0 radical (unpaired) electrons. The highest BCUT2D eigenvalue weighted by molar-refractivity contribution is 7.47. The predicted molar refractivity (Wildman–Crippen MR) is 234 cm³/mol. The molecular weight excluding hydrogens is 789 g/mol. The minimum absolute atomic E-state index is 0.0205. The van der Waals surface area contributed by atoms with Crippen LogP contribution in [0, 0.1) is 25.7 Å². The van der Waals surface area contributed by atoms with E-state index in [1.807, 2.05) is 39.4 Å². The summed E-state index contributed by atoms with van der Waals surface area (Å²) in [4.78, 5) is 35.7. The van der Waals surface area contributed by atoms with Gasteiger partial charge in [0.15, 0.2) is 6.10 Å². The summed E-state index contributed by atoms with van der Waals surface area (Å²) in [5, 5.41) is 31.4. The Morgan fingerprint density at radius 3 is 2.18 bits per heavy atom. The van der Waals surface area contributed by atoms with Crippen LogP contribution in [0.4, 0.5) is 0 Å². The van der Waals surface area contributed by atoms with E-state index in [0.29, 0.717) is 43.1 Å². The number of nitrogens with zero attached hydrogens (tertiary/aromatic N) is 1. The van der Waals surface area contributed by atoms with E-state index in [1.165, 1.54) is 11.1 Å². The number of quaternary nitrogens is 1. The van der Waals surface area contributed by atoms with Crippen molar-refractivity contribution in [1.82, 2.24) is 0 Å². The van der Waals surface area contributed by atoms with Crippen molar-refractivity contribution in [1.29, 1.82) is 0 Å². The quantitative estimate of drug-likeness (QED) is 0.0174. The topological polar surface area (TPSA) is 182 Å². The SMILES string of the molecule is CCCCC[C@H](O)/C=C/[C@@H]1[C@@H](C/C=C/CCCC(=O)O[C@H](COC(=O)CCCCCCCCc2oc(CCC)c(C)c2C)COP(=O)(O)OCC[N+](C)(C)C)[C@@H](O)C[C@H]1O. The van der Waals surface area contributed by atoms with Crippen LogP contribution < -0.4 is 0 Å². The van der Waals surface area contributed by atoms with Gasteiger partial charge in [-0.2, -0.15) is 0 Å². The van der Waals surface area contributed by atoms with E-state index >= 15 is 0 Å². The number of rotatable bonds is 33. The molecular formula is C46H81NO12P+. The number of carbonyl (C=O) groups is 2. The van der Waals surface area contributed by atoms with Gasteiger partial charge in [0.05, 0.1) is 46.1 Å². The van der Waals surface area contributed by atoms with Crippen molar-refractivity contribution in [2.45, 2.75) is 174 Å². The van der Waals surface area contributed by atoms with Crippen LogP contribution in [0.2, 0.25) is 0 Å². The Morgan fingerprint density at radius 1 is 0.833 bits per heavy atom. The van der Waals surface area contributed by atoms with E-state index in [4.69, 9.17) is 22.9 Å². The minimum atomic E-state index is -4.46. The maximum atomic E-state index is 12.8. The van der Waals surface area contributed by atoms with Gasteiger partial charge in [-0.05, 0) is 75.8 Å². The van der Waals surface area contributed by atoms with Crippen molar-refractivity contribution in [3.8, 4) is 0 Å². The van der Waals surface area contributed by atoms with Crippen LogP contribution in [0.1, 0.15) is 146 Å². The molecule has 1 aromatic heterocycles. The standard InChI is InChI=1S/C46H80NO12P/c1-8-10-17-23-37(48)28-29-40-39(41(49)32-42(40)50)24-18-15-16-21-27-46(52)58-38(34-57-60(53,54)56-31-30-47(5,6)7)33-55-45(51)26-20-14-12-11-13-19-25-44-36(4)35(3)43(59-44)22-9-2/h15,18,28-29,37-42,48-50H,8-14,16-17,19-27,30-34H2,1-7H3/p+1/b18-15+,29-28+/t37-,38+,39+,40+,41-,42+/m0/s1. The second-order valence-corrected chi connectivity index (χ2v) is 19.1. The average Bonchev–Trinajstić information content (AvgIpc) is 3.60. The summed E-state index contributed by atoms with van der Waals surface area (Å²) in [6, 6.07) is 0. The maximum absolute atomic E-state index is 12.8. The second-order valence-electron chi connectivity index (χ2n) is 17.6. The largest absolute Gasteiger partial charge is 0.472 e. The first-order valence-electron chi connectivity index (χ1n) is 22.7. The Balaban J connectivity index is 1.79. The van der Waals surface area contributed by atoms with Crippen LogP contribution in [0.15, 0.2) is 28.7 Å². The Bertz CT molecular complexity index is 1470. The predicted octanol–water partition coefficient (Wildman–Crippen LogP) is 8.39. The Morgan fingerprint density at radius 2 is 1.50 bits per heavy atom. The van der Waals surface area contributed by atoms with E-state index < -0.39 is 50.8 Å². The first-order chi connectivity index (χ1) is 28.5. The van der Waals surface area contributed by atoms with Crippen LogP contribution in [-0.2, 0) is 45.5 Å². The summed E-state index contributed by atoms with van der Waals surface area (Å²) in [6.45, 7) is 8.17. The van der Waals surface area contributed by atoms with E-state index in [0.717, 1.165) is 82.1 Å². The smallest absolute Gasteiger partial charge is 0.466 e. The van der Waals surface area contributed by atoms with Crippen molar-refractivity contribution in [3.63, 3.8) is 0 Å². The molecule has 7 atom stereocenters. The van der Waals surface area contributed by atoms with E-state index in [9.17, 15) is 34.4 Å². The zero-order valence-electron chi connectivity index (χ0n) is 38.0. The molecule has 0 amide bonds. The monoisotopic (exact) mass is 871 g/mol. The number of aliphatic hydroxyl groups excluding tert-OH is 3. The fourth-order valence-corrected chi connectivity index (χ4v) is 8.09. The number of hydrogen-bond donors (Lipinski definition) is 4. The van der Waals surface area contributed by atoms with E-state index in [1.54, 1.807) is 6.08 Å². The van der Waals surface area contributed by atoms with Crippen molar-refractivity contribution < 1.29 is 61.8 Å². The van der Waals surface area contributed by atoms with Gasteiger partial charge in [-0.1, -0.05) is 83.1 Å². The molecule has 1 saturated carbocycles. The van der Waals surface area contributed by atoms with E-state index in [2.05, 4.69) is 27.7 Å². The Labute approximate surface area is 361 Å². The first-order valence-corrected chi connectivity index (χ1v) is 24.2. The van der Waals surface area contributed by atoms with Crippen molar-refractivity contribution >= 4 is 19.8 Å². The van der Waals surface area contributed by atoms with Crippen LogP contribution in [0.3, 0.4) is 0 Å². The molecule has 4 N–H and O–H groups in total. The zero-order chi connectivity index (χ0) is 44.6. The lowest BCUT2D eigenvalue weighted by molar-refractivity contribution is -0.870. The molecule has 0 spiro atoms. The number of furan rings is 1. The number of ether oxygens (including phenoxy) is 2. The second kappa shape index (κ2) is 29.1. The fraction of sp³-hybridized carbons (Fsp3) is 0.783. The summed E-state index contributed by atoms with van der Waals surface area (Å²) < 4.78 is 40.4. The van der Waals surface area contributed by atoms with Gasteiger partial charge in [0.25, 0.3) is 0 Å². The molecule has 0 aliphatic heterocycles. The Hall–Kier alpha value is -2.35. The van der Waals surface area contributed by atoms with Gasteiger partial charge >= 0.3 is 19.8 Å². The van der Waals surface area contributed by atoms with Gasteiger partial charge in [-0.25, -0.2) is 4.57 Å². The highest BCUT2D eigenvalue weighted by atomic mass is 31.2. The highest BCUT2D eigenvalue weighted by Gasteiger charge is 2.39. The molecule has 60 heavy (non-hydrogen) atoms. The summed E-state index contributed by atoms with van der Waals surface area (Å²) in [7, 11) is 1.30. The highest BCUT2D eigenvalue weighted by Crippen LogP contribution is 2.43. The van der Waals surface area contributed by atoms with Gasteiger partial charge in [-0.3, -0.25) is 18.6 Å². The molecule has 13 nitrogen and oxygen atoms in total. The molecule has 1 aromatic rings. The molecule has 1 heterocycles. The average molecular weight is 871 g/mol. The summed E-state index contributed by atoms with van der Waals surface area (Å²) in [5.41, 5.74) is 2.55. The van der Waals surface area contributed by atoms with Crippen molar-refractivity contribution in [3.05, 3.63) is 47.0 Å². The third-order valence-corrected chi connectivity index (χ3v) is 12.2. The number of phosphoric ester groups is 1. The number of unbranched alkanes of at least 4 members (excludes halogenated alkanes) is 8. The molecule has 2 rings (SSSR count). The van der Waals surface area contributed by atoms with E-state index in [-0.39, 0.29) is 44.3 Å². The number of aliphatic hydroxyl groups is 3. The van der Waals surface area contributed by atoms with Gasteiger partial charge < -0.3 is 38.6 Å². The summed E-state index contributed by atoms with van der Waals surface area (Å²) >= 11 is 0. The molecule has 0 saturated heterocycles. The van der Waals surface area contributed by atoms with Crippen LogP contribution in [-0.4, -0.2) is 109 Å². The number of likely N-dealkylation sites (N-methyl/N-ethyl adjacent to an activating group) is 1. The number of aryl methyl sites for hydroxylation is 2. The lowest BCUT2D eigenvalue weighted by Crippen LogP contribution is -2.37. The maximum Gasteiger partial charge on any atom is 0.472 e. The molecule has 346 valence electrons. The number of esters is 2. The summed E-state index contributed by atoms with van der Waals surface area (Å²) in [6.07, 6.45) is 19.0. The lowest BCUT2D eigenvalue weighted by atomic mass is 9.89. The number of allylic oxidation sites excluding steroid dienone is 2. The van der Waals surface area contributed by atoms with Gasteiger partial charge in [0.1, 0.15) is 31.3 Å². The number of hydrogen-bond acceptors (Lipinski definition) is 11. The van der Waals surface area contributed by atoms with Crippen LogP contribution in [0.25, 0.3) is 0 Å². The third kappa shape index (κ3) is 22.7. The molecule has 1 fully saturated rings. The zero-order valence-corrected chi connectivity index (χ0v) is 38.9. The Kier molecular flexibility index (Phi) is 26.1. The van der Waals surface area contributed by atoms with Gasteiger partial charge in [-0.15, -0.1) is 0 Å². The third-order valence-electron chi connectivity index (χ3n) is 11.2. The lowest BCUT2D eigenvalue weighted by Gasteiger charge is -2.24. The van der Waals surface area contributed by atoms with Crippen LogP contribution >= 0.6 is 7.82 Å². The fourth-order valence-electron chi connectivity index (χ4n) is 7.35. The molecule has 1 aliphatic rings. The van der Waals surface area contributed by atoms with Crippen molar-refractivity contribution in [2.75, 3.05) is 47.5 Å². The summed E-state index contributed by atoms with van der Waals surface area (Å²) in [5.74, 6) is 0.759. The number of phosphoric acid groups is 1. The van der Waals surface area contributed by atoms with Gasteiger partial charge in [0.2, 0.25) is 0 Å². The molecule has 1 unspecified atom stereocenters. The molecule has 0 bridgehead atoms.